The van der Waals surface area contributed by atoms with Crippen molar-refractivity contribution in [3.63, 3.8) is 0 Å². The normalized spacial score (nSPS) is 10.9. The van der Waals surface area contributed by atoms with E-state index in [-0.39, 0.29) is 6.54 Å². The van der Waals surface area contributed by atoms with Gasteiger partial charge in [-0.3, -0.25) is 4.79 Å². The molecule has 0 saturated heterocycles. The van der Waals surface area contributed by atoms with Gasteiger partial charge in [-0.1, -0.05) is 54.1 Å². The van der Waals surface area contributed by atoms with Crippen LogP contribution in [0, 0.1) is 6.92 Å². The summed E-state index contributed by atoms with van der Waals surface area (Å²) in [7, 11) is 0. The van der Waals surface area contributed by atoms with Crippen LogP contribution >= 0.6 is 0 Å². The molecular weight excluding hydrogens is 364 g/mol. The third-order valence-corrected chi connectivity index (χ3v) is 4.82. The number of aryl methyl sites for hydroxylation is 1. The largest absolute Gasteiger partial charge is 0.492 e. The van der Waals surface area contributed by atoms with Gasteiger partial charge in [0, 0.05) is 18.0 Å². The molecule has 0 fully saturated rings. The third kappa shape index (κ3) is 4.46. The van der Waals surface area contributed by atoms with Crippen molar-refractivity contribution in [1.82, 2.24) is 9.55 Å². The first-order chi connectivity index (χ1) is 14.1. The van der Waals surface area contributed by atoms with Crippen LogP contribution in [-0.2, 0) is 17.8 Å². The van der Waals surface area contributed by atoms with E-state index in [1.165, 1.54) is 22.3 Å². The number of aliphatic carboxylic acids is 1. The molecular formula is C24H22N2O3. The fourth-order valence-corrected chi connectivity index (χ4v) is 3.43. The second-order valence-corrected chi connectivity index (χ2v) is 7.09. The molecule has 2 aromatic heterocycles. The predicted molar refractivity (Wildman–Crippen MR) is 113 cm³/mol. The van der Waals surface area contributed by atoms with E-state index < -0.39 is 5.97 Å². The number of ether oxygens (including phenoxy) is 1. The van der Waals surface area contributed by atoms with Gasteiger partial charge in [-0.2, -0.15) is 0 Å². The molecule has 4 rings (SSSR count). The zero-order valence-corrected chi connectivity index (χ0v) is 16.2. The topological polar surface area (TPSA) is 64.4 Å². The van der Waals surface area contributed by atoms with Gasteiger partial charge in [0.1, 0.15) is 17.9 Å². The first kappa shape index (κ1) is 18.7. The lowest BCUT2D eigenvalue weighted by Crippen LogP contribution is -2.08. The van der Waals surface area contributed by atoms with Gasteiger partial charge in [0.25, 0.3) is 0 Å². The van der Waals surface area contributed by atoms with Crippen LogP contribution < -0.4 is 4.74 Å². The molecule has 2 aromatic carbocycles. The molecule has 0 bridgehead atoms. The Labute approximate surface area is 169 Å². The van der Waals surface area contributed by atoms with Crippen LogP contribution in [0.4, 0.5) is 0 Å². The summed E-state index contributed by atoms with van der Waals surface area (Å²) in [6.07, 6.45) is 4.16. The Bertz CT molecular complexity index is 1160. The molecule has 0 aliphatic carbocycles. The van der Waals surface area contributed by atoms with Crippen molar-refractivity contribution in [2.24, 2.45) is 0 Å². The minimum atomic E-state index is -0.891. The Kier molecular flexibility index (Phi) is 5.29. The molecule has 0 amide bonds. The van der Waals surface area contributed by atoms with E-state index in [2.05, 4.69) is 60.4 Å². The smallest absolute Gasteiger partial charge is 0.323 e. The maximum absolute atomic E-state index is 10.9. The van der Waals surface area contributed by atoms with Gasteiger partial charge in [-0.15, -0.1) is 0 Å². The number of aromatic nitrogens is 2. The van der Waals surface area contributed by atoms with E-state index in [4.69, 9.17) is 9.84 Å². The van der Waals surface area contributed by atoms with Crippen molar-refractivity contribution < 1.29 is 14.6 Å². The van der Waals surface area contributed by atoms with Gasteiger partial charge in [0.2, 0.25) is 0 Å². The number of hydrogen-bond acceptors (Lipinski definition) is 3. The number of fused-ring (bicyclic) bond motifs is 1. The highest BCUT2D eigenvalue weighted by Gasteiger charge is 2.07. The molecule has 0 unspecified atom stereocenters. The van der Waals surface area contributed by atoms with Gasteiger partial charge in [0.15, 0.2) is 0 Å². The molecule has 0 aliphatic rings. The summed E-state index contributed by atoms with van der Waals surface area (Å²) < 4.78 is 7.49. The van der Waals surface area contributed by atoms with Crippen LogP contribution in [-0.4, -0.2) is 27.2 Å². The Morgan fingerprint density at radius 1 is 1.07 bits per heavy atom. The minimum absolute atomic E-state index is 0.103. The maximum atomic E-state index is 10.9. The Morgan fingerprint density at radius 3 is 2.66 bits per heavy atom. The molecule has 5 nitrogen and oxygen atoms in total. The summed E-state index contributed by atoms with van der Waals surface area (Å²) >= 11 is 0. The fraction of sp³-hybridized carbons (Fsp3) is 0.167. The van der Waals surface area contributed by atoms with Crippen molar-refractivity contribution in [1.29, 1.82) is 0 Å². The molecule has 2 heterocycles. The van der Waals surface area contributed by atoms with E-state index in [0.717, 1.165) is 11.8 Å². The van der Waals surface area contributed by atoms with E-state index in [1.807, 2.05) is 12.1 Å². The van der Waals surface area contributed by atoms with Crippen molar-refractivity contribution >= 4 is 17.0 Å². The van der Waals surface area contributed by atoms with Gasteiger partial charge >= 0.3 is 5.97 Å². The second-order valence-electron chi connectivity index (χ2n) is 7.09. The molecule has 5 heteroatoms. The van der Waals surface area contributed by atoms with E-state index >= 15 is 0 Å². The zero-order chi connectivity index (χ0) is 20.2. The number of carbonyl (C=O) groups is 1. The quantitative estimate of drug-likeness (QED) is 0.499. The number of rotatable bonds is 7. The van der Waals surface area contributed by atoms with Crippen molar-refractivity contribution in [3.05, 3.63) is 84.2 Å². The Balaban J connectivity index is 1.41. The average molecular weight is 386 g/mol. The molecule has 0 saturated carbocycles. The number of nitrogens with zero attached hydrogens (tertiary/aromatic N) is 2. The monoisotopic (exact) mass is 386 g/mol. The molecule has 0 aliphatic heterocycles. The first-order valence-electron chi connectivity index (χ1n) is 9.54. The van der Waals surface area contributed by atoms with Crippen LogP contribution in [0.2, 0.25) is 0 Å². The first-order valence-corrected chi connectivity index (χ1v) is 9.54. The molecule has 146 valence electrons. The Hall–Kier alpha value is -3.60. The van der Waals surface area contributed by atoms with Gasteiger partial charge in [-0.05, 0) is 35.7 Å². The summed E-state index contributed by atoms with van der Waals surface area (Å²) in [5.41, 5.74) is 5.52. The molecule has 0 radical (unpaired) electrons. The van der Waals surface area contributed by atoms with Crippen LogP contribution in [0.25, 0.3) is 22.2 Å². The Morgan fingerprint density at radius 2 is 1.86 bits per heavy atom. The highest BCUT2D eigenvalue weighted by molar-refractivity contribution is 5.79. The summed E-state index contributed by atoms with van der Waals surface area (Å²) in [6.45, 7) is 2.54. The fourth-order valence-electron chi connectivity index (χ4n) is 3.43. The van der Waals surface area contributed by atoms with Crippen molar-refractivity contribution in [3.8, 4) is 16.9 Å². The lowest BCUT2D eigenvalue weighted by Gasteiger charge is -2.09. The molecule has 29 heavy (non-hydrogen) atoms. The number of carboxylic acid groups (broad SMARTS) is 1. The van der Waals surface area contributed by atoms with Gasteiger partial charge in [0.05, 0.1) is 12.8 Å². The summed E-state index contributed by atoms with van der Waals surface area (Å²) in [4.78, 5) is 15.3. The lowest BCUT2D eigenvalue weighted by molar-refractivity contribution is -0.137. The predicted octanol–water partition coefficient (Wildman–Crippen LogP) is 4.72. The highest BCUT2D eigenvalue weighted by Crippen LogP contribution is 2.23. The standard InChI is InChI=1S/C24H22N2O3/c1-17-4-2-6-19(12-17)20-7-3-5-18(13-20)9-11-29-22-14-21-8-10-26(16-23(27)28)24(21)25-15-22/h2-8,10,12-15H,9,11,16H2,1H3,(H,27,28). The minimum Gasteiger partial charge on any atom is -0.492 e. The number of pyridine rings is 1. The van der Waals surface area contributed by atoms with E-state index in [0.29, 0.717) is 18.0 Å². The molecule has 1 N–H and O–H groups in total. The second kappa shape index (κ2) is 8.19. The molecule has 0 spiro atoms. The van der Waals surface area contributed by atoms with Crippen LogP contribution in [0.15, 0.2) is 73.1 Å². The SMILES string of the molecule is Cc1cccc(-c2cccc(CCOc3cnc4c(ccn4CC(=O)O)c3)c2)c1. The highest BCUT2D eigenvalue weighted by atomic mass is 16.5. The van der Waals surface area contributed by atoms with E-state index in [9.17, 15) is 4.79 Å². The third-order valence-electron chi connectivity index (χ3n) is 4.82. The van der Waals surface area contributed by atoms with Gasteiger partial charge in [-0.25, -0.2) is 4.98 Å². The zero-order valence-electron chi connectivity index (χ0n) is 16.2. The number of benzene rings is 2. The molecule has 0 atom stereocenters. The number of hydrogen-bond donors (Lipinski definition) is 1. The summed E-state index contributed by atoms with van der Waals surface area (Å²) in [5, 5.41) is 9.82. The van der Waals surface area contributed by atoms with Crippen LogP contribution in [0.5, 0.6) is 5.75 Å². The summed E-state index contributed by atoms with van der Waals surface area (Å²) in [6, 6.07) is 20.7. The van der Waals surface area contributed by atoms with Crippen LogP contribution in [0.3, 0.4) is 0 Å². The molecule has 4 aromatic rings. The van der Waals surface area contributed by atoms with Gasteiger partial charge < -0.3 is 14.4 Å². The van der Waals surface area contributed by atoms with Crippen LogP contribution in [0.1, 0.15) is 11.1 Å². The lowest BCUT2D eigenvalue weighted by atomic mass is 10.0. The van der Waals surface area contributed by atoms with Crippen molar-refractivity contribution in [2.75, 3.05) is 6.61 Å². The maximum Gasteiger partial charge on any atom is 0.323 e. The summed E-state index contributed by atoms with van der Waals surface area (Å²) in [5.74, 6) is -0.210. The van der Waals surface area contributed by atoms with Crippen molar-refractivity contribution in [2.45, 2.75) is 19.9 Å². The number of carboxylic acids is 1. The average Bonchev–Trinajstić information content (AvgIpc) is 3.10. The van der Waals surface area contributed by atoms with E-state index in [1.54, 1.807) is 17.0 Å².